The molecule has 1 atom stereocenters. The molecule has 1 heterocycles. The van der Waals surface area contributed by atoms with Gasteiger partial charge in [0.25, 0.3) is 0 Å². The maximum atomic E-state index is 12.2. The lowest BCUT2D eigenvalue weighted by Crippen LogP contribution is -2.57. The standard InChI is InChI=1S/C17H24N2O4/c1-2-3-9-18-10-11-19(12-15(18)16(20)21)17(22)23-13-14-7-5-4-6-8-14/h4-8,15H,2-3,9-13H2,1H3,(H,20,21)/t15-/m0/s1. The number of unbranched alkanes of at least 4 members (excludes halogenated alkanes) is 1. The van der Waals surface area contributed by atoms with Gasteiger partial charge in [0.15, 0.2) is 0 Å². The zero-order valence-electron chi connectivity index (χ0n) is 13.5. The molecule has 1 aromatic carbocycles. The summed E-state index contributed by atoms with van der Waals surface area (Å²) in [7, 11) is 0. The fourth-order valence-corrected chi connectivity index (χ4v) is 2.66. The molecule has 1 N–H and O–H groups in total. The van der Waals surface area contributed by atoms with Gasteiger partial charge in [-0.15, -0.1) is 0 Å². The Morgan fingerprint density at radius 2 is 2.00 bits per heavy atom. The van der Waals surface area contributed by atoms with Crippen molar-refractivity contribution in [1.29, 1.82) is 0 Å². The molecule has 0 aromatic heterocycles. The van der Waals surface area contributed by atoms with E-state index in [2.05, 4.69) is 6.92 Å². The van der Waals surface area contributed by atoms with Gasteiger partial charge in [-0.1, -0.05) is 43.7 Å². The fraction of sp³-hybridized carbons (Fsp3) is 0.529. The number of rotatable bonds is 6. The van der Waals surface area contributed by atoms with Crippen molar-refractivity contribution >= 4 is 12.1 Å². The molecule has 0 unspecified atom stereocenters. The molecule has 0 aliphatic carbocycles. The number of carboxylic acids is 1. The highest BCUT2D eigenvalue weighted by Crippen LogP contribution is 2.13. The van der Waals surface area contributed by atoms with Gasteiger partial charge in [-0.3, -0.25) is 9.69 Å². The number of carbonyl (C=O) groups excluding carboxylic acids is 1. The second-order valence-electron chi connectivity index (χ2n) is 5.73. The minimum atomic E-state index is -0.887. The van der Waals surface area contributed by atoms with Crippen molar-refractivity contribution in [3.05, 3.63) is 35.9 Å². The van der Waals surface area contributed by atoms with Gasteiger partial charge in [0.1, 0.15) is 12.6 Å². The third-order valence-corrected chi connectivity index (χ3v) is 4.04. The van der Waals surface area contributed by atoms with Crippen LogP contribution in [0.4, 0.5) is 4.79 Å². The van der Waals surface area contributed by atoms with Crippen molar-refractivity contribution in [3.63, 3.8) is 0 Å². The Kier molecular flexibility index (Phi) is 6.40. The molecule has 0 spiro atoms. The highest BCUT2D eigenvalue weighted by molar-refractivity contribution is 5.76. The van der Waals surface area contributed by atoms with Gasteiger partial charge in [0.05, 0.1) is 6.54 Å². The SMILES string of the molecule is CCCCN1CCN(C(=O)OCc2ccccc2)C[C@H]1C(=O)O. The third-order valence-electron chi connectivity index (χ3n) is 4.04. The van der Waals surface area contributed by atoms with E-state index in [1.54, 1.807) is 0 Å². The molecule has 1 aliphatic heterocycles. The predicted octanol–water partition coefficient (Wildman–Crippen LogP) is 2.19. The minimum absolute atomic E-state index is 0.173. The lowest BCUT2D eigenvalue weighted by atomic mass is 10.1. The second kappa shape index (κ2) is 8.53. The quantitative estimate of drug-likeness (QED) is 0.870. The third kappa shape index (κ3) is 4.96. The Bertz CT molecular complexity index is 521. The van der Waals surface area contributed by atoms with Gasteiger partial charge in [0, 0.05) is 13.1 Å². The second-order valence-corrected chi connectivity index (χ2v) is 5.73. The topological polar surface area (TPSA) is 70.1 Å². The number of piperazine rings is 1. The summed E-state index contributed by atoms with van der Waals surface area (Å²) >= 11 is 0. The number of amides is 1. The number of carbonyl (C=O) groups is 2. The molecule has 0 bridgehead atoms. The van der Waals surface area contributed by atoms with Crippen LogP contribution in [-0.4, -0.2) is 59.2 Å². The number of hydrogen-bond acceptors (Lipinski definition) is 4. The van der Waals surface area contributed by atoms with Gasteiger partial charge in [-0.05, 0) is 18.5 Å². The smallest absolute Gasteiger partial charge is 0.410 e. The Morgan fingerprint density at radius 3 is 2.65 bits per heavy atom. The van der Waals surface area contributed by atoms with E-state index in [4.69, 9.17) is 4.74 Å². The summed E-state index contributed by atoms with van der Waals surface area (Å²) in [5, 5.41) is 9.40. The van der Waals surface area contributed by atoms with E-state index >= 15 is 0 Å². The number of hydrogen-bond donors (Lipinski definition) is 1. The van der Waals surface area contributed by atoms with Crippen molar-refractivity contribution in [2.45, 2.75) is 32.4 Å². The van der Waals surface area contributed by atoms with E-state index in [0.717, 1.165) is 24.9 Å². The van der Waals surface area contributed by atoms with E-state index < -0.39 is 18.1 Å². The van der Waals surface area contributed by atoms with Crippen LogP contribution in [0.25, 0.3) is 0 Å². The van der Waals surface area contributed by atoms with Gasteiger partial charge >= 0.3 is 12.1 Å². The molecule has 1 aliphatic rings. The molecule has 0 radical (unpaired) electrons. The lowest BCUT2D eigenvalue weighted by Gasteiger charge is -2.38. The van der Waals surface area contributed by atoms with Crippen LogP contribution in [0.3, 0.4) is 0 Å². The zero-order valence-corrected chi connectivity index (χ0v) is 13.5. The van der Waals surface area contributed by atoms with Crippen LogP contribution < -0.4 is 0 Å². The van der Waals surface area contributed by atoms with Crippen LogP contribution in [0.5, 0.6) is 0 Å². The average molecular weight is 320 g/mol. The first kappa shape index (κ1) is 17.3. The molecule has 1 saturated heterocycles. The van der Waals surface area contributed by atoms with Crippen molar-refractivity contribution in [3.8, 4) is 0 Å². The number of ether oxygens (including phenoxy) is 1. The first-order valence-corrected chi connectivity index (χ1v) is 8.04. The fourth-order valence-electron chi connectivity index (χ4n) is 2.66. The summed E-state index contributed by atoms with van der Waals surface area (Å²) in [6.07, 6.45) is 1.53. The molecule has 1 amide bonds. The summed E-state index contributed by atoms with van der Waals surface area (Å²) in [5.74, 6) is -0.887. The Morgan fingerprint density at radius 1 is 1.26 bits per heavy atom. The van der Waals surface area contributed by atoms with Gasteiger partial charge in [0.2, 0.25) is 0 Å². The molecule has 126 valence electrons. The van der Waals surface area contributed by atoms with Crippen molar-refractivity contribution in [1.82, 2.24) is 9.80 Å². The first-order chi connectivity index (χ1) is 11.1. The maximum absolute atomic E-state index is 12.2. The van der Waals surface area contributed by atoms with E-state index in [9.17, 15) is 14.7 Å². The van der Waals surface area contributed by atoms with Crippen LogP contribution in [0.1, 0.15) is 25.3 Å². The lowest BCUT2D eigenvalue weighted by molar-refractivity contribution is -0.145. The molecule has 1 aromatic rings. The average Bonchev–Trinajstić information content (AvgIpc) is 2.58. The van der Waals surface area contributed by atoms with Crippen LogP contribution in [0.2, 0.25) is 0 Å². The molecular weight excluding hydrogens is 296 g/mol. The number of aliphatic carboxylic acids is 1. The molecule has 1 fully saturated rings. The van der Waals surface area contributed by atoms with Gasteiger partial charge in [-0.25, -0.2) is 4.79 Å². The monoisotopic (exact) mass is 320 g/mol. The highest BCUT2D eigenvalue weighted by Gasteiger charge is 2.34. The summed E-state index contributed by atoms with van der Waals surface area (Å²) in [4.78, 5) is 27.0. The molecule has 23 heavy (non-hydrogen) atoms. The predicted molar refractivity (Wildman–Crippen MR) is 86.1 cm³/mol. The van der Waals surface area contributed by atoms with E-state index in [0.29, 0.717) is 13.1 Å². The largest absolute Gasteiger partial charge is 0.480 e. The van der Waals surface area contributed by atoms with Crippen LogP contribution in [-0.2, 0) is 16.1 Å². The Labute approximate surface area is 136 Å². The van der Waals surface area contributed by atoms with Crippen molar-refractivity contribution in [2.24, 2.45) is 0 Å². The summed E-state index contributed by atoms with van der Waals surface area (Å²) < 4.78 is 5.29. The molecule has 6 heteroatoms. The molecule has 0 saturated carbocycles. The van der Waals surface area contributed by atoms with E-state index in [1.165, 1.54) is 4.90 Å². The Hall–Kier alpha value is -2.08. The van der Waals surface area contributed by atoms with Crippen molar-refractivity contribution in [2.75, 3.05) is 26.2 Å². The van der Waals surface area contributed by atoms with Crippen LogP contribution >= 0.6 is 0 Å². The number of carboxylic acid groups (broad SMARTS) is 1. The van der Waals surface area contributed by atoms with E-state index in [-0.39, 0.29) is 13.2 Å². The summed E-state index contributed by atoms with van der Waals surface area (Å²) in [6, 6.07) is 8.79. The van der Waals surface area contributed by atoms with Gasteiger partial charge < -0.3 is 14.7 Å². The summed E-state index contributed by atoms with van der Waals surface area (Å²) in [6.45, 7) is 4.27. The normalized spacial score (nSPS) is 18.7. The molecule has 6 nitrogen and oxygen atoms in total. The maximum Gasteiger partial charge on any atom is 0.410 e. The molecule has 2 rings (SSSR count). The Balaban J connectivity index is 1.88. The van der Waals surface area contributed by atoms with Crippen molar-refractivity contribution < 1.29 is 19.4 Å². The van der Waals surface area contributed by atoms with Crippen LogP contribution in [0, 0.1) is 0 Å². The summed E-state index contributed by atoms with van der Waals surface area (Å²) in [5.41, 5.74) is 0.914. The first-order valence-electron chi connectivity index (χ1n) is 8.04. The zero-order chi connectivity index (χ0) is 16.7. The molecular formula is C17H24N2O4. The van der Waals surface area contributed by atoms with Crippen LogP contribution in [0.15, 0.2) is 30.3 Å². The number of benzene rings is 1. The highest BCUT2D eigenvalue weighted by atomic mass is 16.6. The van der Waals surface area contributed by atoms with Gasteiger partial charge in [-0.2, -0.15) is 0 Å². The minimum Gasteiger partial charge on any atom is -0.480 e. The number of nitrogens with zero attached hydrogens (tertiary/aromatic N) is 2. The van der Waals surface area contributed by atoms with E-state index in [1.807, 2.05) is 35.2 Å².